The van der Waals surface area contributed by atoms with Gasteiger partial charge >= 0.3 is 0 Å². The van der Waals surface area contributed by atoms with Gasteiger partial charge in [0.15, 0.2) is 0 Å². The first-order chi connectivity index (χ1) is 12.6. The number of nitrogens with zero attached hydrogens (tertiary/aromatic N) is 1. The summed E-state index contributed by atoms with van der Waals surface area (Å²) in [4.78, 5) is 0. The van der Waals surface area contributed by atoms with Gasteiger partial charge in [-0.1, -0.05) is 64.3 Å². The van der Waals surface area contributed by atoms with E-state index in [0.717, 1.165) is 30.1 Å². The maximum Gasteiger partial charge on any atom is 0.0661 e. The van der Waals surface area contributed by atoms with Crippen LogP contribution in [0.5, 0.6) is 0 Å². The number of rotatable bonds is 3. The fourth-order valence-electron chi connectivity index (χ4n) is 5.67. The zero-order valence-corrected chi connectivity index (χ0v) is 17.9. The highest BCUT2D eigenvalue weighted by Crippen LogP contribution is 2.51. The second-order valence-corrected chi connectivity index (χ2v) is 8.81. The molecule has 0 saturated heterocycles. The van der Waals surface area contributed by atoms with Gasteiger partial charge in [-0.05, 0) is 81.0 Å². The van der Waals surface area contributed by atoms with Crippen LogP contribution in [0.4, 0.5) is 0 Å². The minimum Gasteiger partial charge on any atom is -0.198 e. The summed E-state index contributed by atoms with van der Waals surface area (Å²) in [5, 5.41) is 9.33. The molecule has 6 unspecified atom stereocenters. The molecule has 6 atom stereocenters. The monoisotopic (exact) mass is 355 g/mol. The summed E-state index contributed by atoms with van der Waals surface area (Å²) in [5.41, 5.74) is 3.25. The van der Waals surface area contributed by atoms with Gasteiger partial charge in [-0.2, -0.15) is 5.26 Å². The van der Waals surface area contributed by atoms with E-state index in [0.29, 0.717) is 5.92 Å². The number of fused-ring (bicyclic) bond motifs is 1. The van der Waals surface area contributed by atoms with Gasteiger partial charge in [0.05, 0.1) is 12.0 Å². The molecule has 1 heteroatoms. The molecule has 3 aliphatic carbocycles. The molecule has 3 rings (SSSR count). The van der Waals surface area contributed by atoms with Crippen LogP contribution < -0.4 is 0 Å². The fourth-order valence-corrected chi connectivity index (χ4v) is 5.67. The summed E-state index contributed by atoms with van der Waals surface area (Å²) < 4.78 is 0. The smallest absolute Gasteiger partial charge is 0.0661 e. The first kappa shape index (κ1) is 21.3. The van der Waals surface area contributed by atoms with Crippen LogP contribution >= 0.6 is 0 Å². The van der Waals surface area contributed by atoms with Crippen LogP contribution in [0.25, 0.3) is 0 Å². The Morgan fingerprint density at radius 1 is 1.12 bits per heavy atom. The minimum atomic E-state index is 0.240. The Morgan fingerprint density at radius 3 is 2.58 bits per heavy atom. The molecular formula is C25H41N. The van der Waals surface area contributed by atoms with E-state index in [1.807, 2.05) is 13.8 Å². The number of hydrogen-bond acceptors (Lipinski definition) is 1. The Bertz CT molecular complexity index is 535. The van der Waals surface area contributed by atoms with Crippen molar-refractivity contribution in [2.75, 3.05) is 0 Å². The van der Waals surface area contributed by atoms with Crippen molar-refractivity contribution in [1.29, 1.82) is 5.26 Å². The van der Waals surface area contributed by atoms with E-state index in [9.17, 15) is 5.26 Å². The van der Waals surface area contributed by atoms with Crippen molar-refractivity contribution in [3.8, 4) is 6.07 Å². The molecule has 0 amide bonds. The third kappa shape index (κ3) is 4.82. The molecule has 0 radical (unpaired) electrons. The molecule has 3 saturated carbocycles. The highest BCUT2D eigenvalue weighted by atomic mass is 14.5. The van der Waals surface area contributed by atoms with E-state index in [-0.39, 0.29) is 5.92 Å². The van der Waals surface area contributed by atoms with Gasteiger partial charge in [0.25, 0.3) is 0 Å². The van der Waals surface area contributed by atoms with Crippen LogP contribution in [0, 0.1) is 46.8 Å². The summed E-state index contributed by atoms with van der Waals surface area (Å²) in [6.07, 6.45) is 16.7. The van der Waals surface area contributed by atoms with Crippen LogP contribution in [0.3, 0.4) is 0 Å². The average Bonchev–Trinajstić information content (AvgIpc) is 3.13. The summed E-state index contributed by atoms with van der Waals surface area (Å²) in [5.74, 6) is 4.50. The molecule has 1 nitrogen and oxygen atoms in total. The van der Waals surface area contributed by atoms with Crippen LogP contribution in [0.1, 0.15) is 92.4 Å². The third-order valence-electron chi connectivity index (χ3n) is 7.52. The standard InChI is InChI=1S/C23H35N.C2H6/c1-4-16(2)21-12-13-22-19(6-5-7-23(21)22)11-10-18-9-8-17(3)20(14-18)15-24;1-2/h10-11,16-17,20-23H,4-9,12-14H2,1-3H3;1-2H3/b18-10-,19-11+;. The molecule has 0 aromatic heterocycles. The number of allylic oxidation sites excluding steroid dienone is 4. The van der Waals surface area contributed by atoms with Crippen LogP contribution in [0.15, 0.2) is 23.3 Å². The van der Waals surface area contributed by atoms with Gasteiger partial charge in [-0.25, -0.2) is 0 Å². The Hall–Kier alpha value is -1.03. The van der Waals surface area contributed by atoms with Crippen molar-refractivity contribution in [1.82, 2.24) is 0 Å². The molecule has 0 N–H and O–H groups in total. The summed E-state index contributed by atoms with van der Waals surface area (Å²) in [6, 6.07) is 2.52. The molecule has 0 bridgehead atoms. The van der Waals surface area contributed by atoms with E-state index >= 15 is 0 Å². The van der Waals surface area contributed by atoms with E-state index in [2.05, 4.69) is 39.0 Å². The molecule has 0 heterocycles. The average molecular weight is 356 g/mol. The zero-order chi connectivity index (χ0) is 19.1. The van der Waals surface area contributed by atoms with Crippen LogP contribution in [0.2, 0.25) is 0 Å². The zero-order valence-electron chi connectivity index (χ0n) is 17.9. The number of nitriles is 1. The van der Waals surface area contributed by atoms with Crippen molar-refractivity contribution in [2.45, 2.75) is 92.4 Å². The largest absolute Gasteiger partial charge is 0.198 e. The van der Waals surface area contributed by atoms with Crippen molar-refractivity contribution in [2.24, 2.45) is 35.5 Å². The Balaban J connectivity index is 0.00000117. The highest BCUT2D eigenvalue weighted by Gasteiger charge is 2.41. The molecule has 3 aliphatic rings. The SMILES string of the molecule is CC.CCC(C)C1CCC2/C(=C/C=C3/CCC(C)C(C#N)C3)CCCC21. The lowest BCUT2D eigenvalue weighted by Crippen LogP contribution is -2.24. The van der Waals surface area contributed by atoms with E-state index in [1.165, 1.54) is 56.9 Å². The van der Waals surface area contributed by atoms with Gasteiger partial charge < -0.3 is 0 Å². The summed E-state index contributed by atoms with van der Waals surface area (Å²) in [7, 11) is 0. The molecule has 146 valence electrons. The lowest BCUT2D eigenvalue weighted by Gasteiger charge is -2.34. The van der Waals surface area contributed by atoms with E-state index in [4.69, 9.17) is 0 Å². The first-order valence-corrected chi connectivity index (χ1v) is 11.4. The van der Waals surface area contributed by atoms with Gasteiger partial charge in [0.1, 0.15) is 0 Å². The second-order valence-electron chi connectivity index (χ2n) is 8.81. The van der Waals surface area contributed by atoms with Crippen molar-refractivity contribution in [3.05, 3.63) is 23.3 Å². The fraction of sp³-hybridized carbons (Fsp3) is 0.800. The predicted octanol–water partition coefficient (Wildman–Crippen LogP) is 7.70. The first-order valence-electron chi connectivity index (χ1n) is 11.4. The Kier molecular flexibility index (Phi) is 8.46. The molecular weight excluding hydrogens is 314 g/mol. The van der Waals surface area contributed by atoms with Gasteiger partial charge in [0.2, 0.25) is 0 Å². The number of hydrogen-bond donors (Lipinski definition) is 0. The molecule has 0 spiro atoms. The van der Waals surface area contributed by atoms with E-state index < -0.39 is 0 Å². The van der Waals surface area contributed by atoms with Crippen molar-refractivity contribution < 1.29 is 0 Å². The maximum absolute atomic E-state index is 9.33. The molecule has 0 aliphatic heterocycles. The van der Waals surface area contributed by atoms with Crippen LogP contribution in [-0.2, 0) is 0 Å². The molecule has 0 aromatic rings. The summed E-state index contributed by atoms with van der Waals surface area (Å²) >= 11 is 0. The Morgan fingerprint density at radius 2 is 1.88 bits per heavy atom. The lowest BCUT2D eigenvalue weighted by molar-refractivity contribution is 0.214. The highest BCUT2D eigenvalue weighted by molar-refractivity contribution is 5.24. The van der Waals surface area contributed by atoms with Crippen molar-refractivity contribution in [3.63, 3.8) is 0 Å². The quantitative estimate of drug-likeness (QED) is 0.509. The topological polar surface area (TPSA) is 23.8 Å². The lowest BCUT2D eigenvalue weighted by atomic mass is 9.71. The van der Waals surface area contributed by atoms with Crippen LogP contribution in [-0.4, -0.2) is 0 Å². The minimum absolute atomic E-state index is 0.240. The molecule has 26 heavy (non-hydrogen) atoms. The molecule has 0 aromatic carbocycles. The van der Waals surface area contributed by atoms with E-state index in [1.54, 1.807) is 5.57 Å². The summed E-state index contributed by atoms with van der Waals surface area (Å²) in [6.45, 7) is 11.1. The van der Waals surface area contributed by atoms with Gasteiger partial charge in [-0.15, -0.1) is 0 Å². The Labute approximate surface area is 162 Å². The maximum atomic E-state index is 9.33. The van der Waals surface area contributed by atoms with Crippen molar-refractivity contribution >= 4 is 0 Å². The molecule has 3 fully saturated rings. The third-order valence-corrected chi connectivity index (χ3v) is 7.52. The normalized spacial score (nSPS) is 38.2. The second kappa shape index (κ2) is 10.3. The van der Waals surface area contributed by atoms with Gasteiger partial charge in [0, 0.05) is 0 Å². The van der Waals surface area contributed by atoms with Gasteiger partial charge in [-0.3, -0.25) is 0 Å². The predicted molar refractivity (Wildman–Crippen MR) is 113 cm³/mol.